The van der Waals surface area contributed by atoms with Crippen molar-refractivity contribution < 1.29 is 17.7 Å². The van der Waals surface area contributed by atoms with Crippen LogP contribution in [0.1, 0.15) is 45.8 Å². The van der Waals surface area contributed by atoms with Gasteiger partial charge in [-0.2, -0.15) is 4.31 Å². The predicted octanol–water partition coefficient (Wildman–Crippen LogP) is 3.19. The summed E-state index contributed by atoms with van der Waals surface area (Å²) in [5.41, 5.74) is 3.21. The minimum absolute atomic E-state index is 0.108. The Morgan fingerprint density at radius 2 is 1.81 bits per heavy atom. The first-order chi connectivity index (χ1) is 12.2. The van der Waals surface area contributed by atoms with Crippen molar-refractivity contribution in [1.82, 2.24) is 9.46 Å². The zero-order valence-electron chi connectivity index (χ0n) is 15.6. The fourth-order valence-electron chi connectivity index (χ4n) is 3.64. The molecule has 0 amide bonds. The SMILES string of the molecule is Cc1ccc(C(=O)C2CCN(S(=O)(=O)c3c(C)noc3C)CC2)c(C)c1. The van der Waals surface area contributed by atoms with Gasteiger partial charge in [-0.25, -0.2) is 8.42 Å². The number of ketones is 1. The average molecular weight is 376 g/mol. The van der Waals surface area contributed by atoms with Crippen LogP contribution in [0.3, 0.4) is 0 Å². The molecule has 0 radical (unpaired) electrons. The standard InChI is InChI=1S/C19H24N2O4S/c1-12-5-6-17(13(2)11-12)18(22)16-7-9-21(10-8-16)26(23,24)19-14(3)20-25-15(19)4/h5-6,11,16H,7-10H2,1-4H3. The monoisotopic (exact) mass is 376 g/mol. The van der Waals surface area contributed by atoms with Gasteiger partial charge in [0.2, 0.25) is 10.0 Å². The molecule has 1 saturated heterocycles. The molecule has 1 aromatic heterocycles. The molecule has 1 fully saturated rings. The zero-order chi connectivity index (χ0) is 19.1. The first-order valence-corrected chi connectivity index (χ1v) is 10.2. The Labute approximate surface area is 154 Å². The molecular weight excluding hydrogens is 352 g/mol. The lowest BCUT2D eigenvalue weighted by Crippen LogP contribution is -2.40. The number of sulfonamides is 1. The summed E-state index contributed by atoms with van der Waals surface area (Å²) >= 11 is 0. The van der Waals surface area contributed by atoms with E-state index in [1.165, 1.54) is 4.31 Å². The normalized spacial score (nSPS) is 16.8. The minimum atomic E-state index is -3.64. The molecule has 26 heavy (non-hydrogen) atoms. The van der Waals surface area contributed by atoms with Crippen LogP contribution in [0, 0.1) is 33.6 Å². The Hall–Kier alpha value is -1.99. The summed E-state index contributed by atoms with van der Waals surface area (Å²) in [6.07, 6.45) is 1.05. The number of benzene rings is 1. The van der Waals surface area contributed by atoms with Crippen LogP contribution in [-0.2, 0) is 10.0 Å². The molecule has 0 saturated carbocycles. The second-order valence-electron chi connectivity index (χ2n) is 7.01. The first-order valence-electron chi connectivity index (χ1n) is 8.76. The van der Waals surface area contributed by atoms with E-state index in [0.29, 0.717) is 37.4 Å². The summed E-state index contributed by atoms with van der Waals surface area (Å²) in [6.45, 7) is 7.82. The van der Waals surface area contributed by atoms with Crippen LogP contribution < -0.4 is 0 Å². The maximum atomic E-state index is 12.9. The number of hydrogen-bond acceptors (Lipinski definition) is 5. The highest BCUT2D eigenvalue weighted by atomic mass is 32.2. The van der Waals surface area contributed by atoms with Crippen molar-refractivity contribution in [1.29, 1.82) is 0 Å². The lowest BCUT2D eigenvalue weighted by atomic mass is 9.87. The number of aryl methyl sites for hydroxylation is 4. The van der Waals surface area contributed by atoms with Gasteiger partial charge >= 0.3 is 0 Å². The van der Waals surface area contributed by atoms with E-state index in [1.54, 1.807) is 13.8 Å². The fourth-order valence-corrected chi connectivity index (χ4v) is 5.40. The van der Waals surface area contributed by atoms with Crippen LogP contribution in [0.5, 0.6) is 0 Å². The third kappa shape index (κ3) is 3.33. The number of hydrogen-bond donors (Lipinski definition) is 0. The molecule has 0 aliphatic carbocycles. The van der Waals surface area contributed by atoms with Crippen molar-refractivity contribution in [3.05, 3.63) is 46.3 Å². The lowest BCUT2D eigenvalue weighted by molar-refractivity contribution is 0.0874. The van der Waals surface area contributed by atoms with Crippen molar-refractivity contribution in [2.75, 3.05) is 13.1 Å². The highest BCUT2D eigenvalue weighted by Crippen LogP contribution is 2.29. The summed E-state index contributed by atoms with van der Waals surface area (Å²) in [7, 11) is -3.64. The van der Waals surface area contributed by atoms with Gasteiger partial charge in [0.05, 0.1) is 0 Å². The van der Waals surface area contributed by atoms with Crippen LogP contribution in [0.15, 0.2) is 27.6 Å². The number of carbonyl (C=O) groups is 1. The molecule has 1 aliphatic heterocycles. The second kappa shape index (κ2) is 6.96. The molecule has 140 valence electrons. The first kappa shape index (κ1) is 18.8. The average Bonchev–Trinajstić information content (AvgIpc) is 2.93. The van der Waals surface area contributed by atoms with Gasteiger partial charge in [0.15, 0.2) is 11.5 Å². The molecular formula is C19H24N2O4S. The number of Topliss-reactive ketones (excluding diaryl/α,β-unsaturated/α-hetero) is 1. The van der Waals surface area contributed by atoms with Gasteiger partial charge in [-0.3, -0.25) is 4.79 Å². The molecule has 3 rings (SSSR count). The lowest BCUT2D eigenvalue weighted by Gasteiger charge is -2.30. The largest absolute Gasteiger partial charge is 0.360 e. The topological polar surface area (TPSA) is 80.5 Å². The second-order valence-corrected chi connectivity index (χ2v) is 8.89. The maximum absolute atomic E-state index is 12.9. The molecule has 2 aromatic rings. The van der Waals surface area contributed by atoms with E-state index in [2.05, 4.69) is 5.16 Å². The summed E-state index contributed by atoms with van der Waals surface area (Å²) < 4.78 is 32.2. The Balaban J connectivity index is 1.74. The molecule has 0 spiro atoms. The molecule has 0 atom stereocenters. The van der Waals surface area contributed by atoms with Gasteiger partial charge in [-0.05, 0) is 46.1 Å². The van der Waals surface area contributed by atoms with Crippen molar-refractivity contribution in [3.8, 4) is 0 Å². The quantitative estimate of drug-likeness (QED) is 0.766. The highest BCUT2D eigenvalue weighted by Gasteiger charge is 2.35. The summed E-state index contributed by atoms with van der Waals surface area (Å²) in [5.74, 6) is 0.264. The Morgan fingerprint density at radius 1 is 1.15 bits per heavy atom. The smallest absolute Gasteiger partial charge is 0.248 e. The van der Waals surface area contributed by atoms with E-state index in [0.717, 1.165) is 16.7 Å². The number of piperidine rings is 1. The summed E-state index contributed by atoms with van der Waals surface area (Å²) in [6, 6.07) is 5.82. The predicted molar refractivity (Wildman–Crippen MR) is 97.7 cm³/mol. The Kier molecular flexibility index (Phi) is 5.03. The van der Waals surface area contributed by atoms with Crippen molar-refractivity contribution in [2.24, 2.45) is 5.92 Å². The molecule has 0 bridgehead atoms. The van der Waals surface area contributed by atoms with E-state index >= 15 is 0 Å². The van der Waals surface area contributed by atoms with Gasteiger partial charge in [0.25, 0.3) is 0 Å². The summed E-state index contributed by atoms with van der Waals surface area (Å²) in [5, 5.41) is 3.74. The van der Waals surface area contributed by atoms with E-state index in [-0.39, 0.29) is 16.6 Å². The van der Waals surface area contributed by atoms with Crippen LogP contribution in [-0.4, -0.2) is 36.8 Å². The fraction of sp³-hybridized carbons (Fsp3) is 0.474. The maximum Gasteiger partial charge on any atom is 0.248 e. The molecule has 2 heterocycles. The highest BCUT2D eigenvalue weighted by molar-refractivity contribution is 7.89. The molecule has 0 N–H and O–H groups in total. The van der Waals surface area contributed by atoms with Crippen LogP contribution >= 0.6 is 0 Å². The van der Waals surface area contributed by atoms with Gasteiger partial charge in [-0.1, -0.05) is 28.9 Å². The van der Waals surface area contributed by atoms with Crippen molar-refractivity contribution >= 4 is 15.8 Å². The number of rotatable bonds is 4. The molecule has 0 unspecified atom stereocenters. The number of carbonyl (C=O) groups excluding carboxylic acids is 1. The van der Waals surface area contributed by atoms with Crippen molar-refractivity contribution in [2.45, 2.75) is 45.4 Å². The van der Waals surface area contributed by atoms with Crippen LogP contribution in [0.2, 0.25) is 0 Å². The van der Waals surface area contributed by atoms with E-state index in [4.69, 9.17) is 4.52 Å². The zero-order valence-corrected chi connectivity index (χ0v) is 16.4. The van der Waals surface area contributed by atoms with Crippen LogP contribution in [0.4, 0.5) is 0 Å². The molecule has 1 aliphatic rings. The molecule has 7 heteroatoms. The molecule has 1 aromatic carbocycles. The Bertz CT molecular complexity index is 919. The Morgan fingerprint density at radius 3 is 2.35 bits per heavy atom. The van der Waals surface area contributed by atoms with E-state index in [1.807, 2.05) is 32.0 Å². The van der Waals surface area contributed by atoms with Gasteiger partial charge in [0, 0.05) is 24.6 Å². The minimum Gasteiger partial charge on any atom is -0.360 e. The van der Waals surface area contributed by atoms with Gasteiger partial charge in [0.1, 0.15) is 10.6 Å². The van der Waals surface area contributed by atoms with Gasteiger partial charge in [-0.15, -0.1) is 0 Å². The molecule has 6 nitrogen and oxygen atoms in total. The summed E-state index contributed by atoms with van der Waals surface area (Å²) in [4.78, 5) is 13.0. The van der Waals surface area contributed by atoms with E-state index in [9.17, 15) is 13.2 Å². The van der Waals surface area contributed by atoms with Crippen LogP contribution in [0.25, 0.3) is 0 Å². The third-order valence-electron chi connectivity index (χ3n) is 5.04. The van der Waals surface area contributed by atoms with Gasteiger partial charge < -0.3 is 4.52 Å². The third-order valence-corrected chi connectivity index (χ3v) is 7.18. The number of aromatic nitrogens is 1. The van der Waals surface area contributed by atoms with E-state index < -0.39 is 10.0 Å². The number of nitrogens with zero attached hydrogens (tertiary/aromatic N) is 2. The van der Waals surface area contributed by atoms with Crippen molar-refractivity contribution in [3.63, 3.8) is 0 Å².